The quantitative estimate of drug-likeness (QED) is 0.600. The summed E-state index contributed by atoms with van der Waals surface area (Å²) in [6, 6.07) is 14.3. The molecule has 1 amide bonds. The molecule has 3 N–H and O–H groups in total. The summed E-state index contributed by atoms with van der Waals surface area (Å²) in [6.45, 7) is 5.64. The van der Waals surface area contributed by atoms with Crippen molar-refractivity contribution in [1.29, 1.82) is 5.26 Å². The molecule has 0 saturated heterocycles. The van der Waals surface area contributed by atoms with Gasteiger partial charge in [0.2, 0.25) is 5.88 Å². The molecule has 2 aromatic rings. The van der Waals surface area contributed by atoms with E-state index < -0.39 is 5.92 Å². The molecule has 8 heteroatoms. The van der Waals surface area contributed by atoms with Crippen molar-refractivity contribution in [3.8, 4) is 11.8 Å². The SMILES string of the molecule is Cc1ccc(NC(=O)COc2cccc(C3C(C#N)=C(N)OC4=C3C(=O)CC(C)(C)C4)c2)cc1Cl. The first-order valence-corrected chi connectivity index (χ1v) is 11.6. The van der Waals surface area contributed by atoms with Crippen molar-refractivity contribution in [3.05, 3.63) is 81.4 Å². The fourth-order valence-electron chi connectivity index (χ4n) is 4.42. The molecular weight excluding hydrogens is 466 g/mol. The summed E-state index contributed by atoms with van der Waals surface area (Å²) in [5.74, 6) is -0.131. The van der Waals surface area contributed by atoms with E-state index in [0.717, 1.165) is 5.56 Å². The number of carbonyl (C=O) groups excluding carboxylic acids is 2. The number of hydrogen-bond acceptors (Lipinski definition) is 6. The topological polar surface area (TPSA) is 114 Å². The minimum atomic E-state index is -0.653. The van der Waals surface area contributed by atoms with E-state index in [-0.39, 0.29) is 35.2 Å². The van der Waals surface area contributed by atoms with Crippen LogP contribution in [-0.4, -0.2) is 18.3 Å². The fraction of sp³-hybridized carbons (Fsp3) is 0.296. The molecule has 0 bridgehead atoms. The Morgan fingerprint density at radius 1 is 1.29 bits per heavy atom. The highest BCUT2D eigenvalue weighted by atomic mass is 35.5. The van der Waals surface area contributed by atoms with Crippen LogP contribution in [0.15, 0.2) is 65.3 Å². The second kappa shape index (κ2) is 9.47. The molecule has 4 rings (SSSR count). The lowest BCUT2D eigenvalue weighted by molar-refractivity contribution is -0.119. The largest absolute Gasteiger partial charge is 0.484 e. The van der Waals surface area contributed by atoms with Gasteiger partial charge in [-0.3, -0.25) is 9.59 Å². The molecule has 1 aliphatic heterocycles. The van der Waals surface area contributed by atoms with Gasteiger partial charge in [0.15, 0.2) is 12.4 Å². The van der Waals surface area contributed by atoms with Crippen LogP contribution in [0.3, 0.4) is 0 Å². The number of hydrogen-bond donors (Lipinski definition) is 2. The molecular formula is C27H26ClN3O4. The minimum Gasteiger partial charge on any atom is -0.484 e. The van der Waals surface area contributed by atoms with E-state index in [1.54, 1.807) is 36.4 Å². The number of benzene rings is 2. The number of halogens is 1. The highest BCUT2D eigenvalue weighted by Crippen LogP contribution is 2.48. The van der Waals surface area contributed by atoms with Crippen molar-refractivity contribution >= 4 is 29.0 Å². The molecule has 35 heavy (non-hydrogen) atoms. The Labute approximate surface area is 209 Å². The number of nitrogens with one attached hydrogen (secondary N) is 1. The van der Waals surface area contributed by atoms with Gasteiger partial charge in [-0.15, -0.1) is 0 Å². The lowest BCUT2D eigenvalue weighted by Gasteiger charge is -2.37. The van der Waals surface area contributed by atoms with Gasteiger partial charge in [-0.05, 0) is 47.7 Å². The highest BCUT2D eigenvalue weighted by Gasteiger charge is 2.43. The third-order valence-electron chi connectivity index (χ3n) is 6.09. The van der Waals surface area contributed by atoms with Crippen molar-refractivity contribution in [2.75, 3.05) is 11.9 Å². The molecule has 2 aliphatic rings. The number of amides is 1. The smallest absolute Gasteiger partial charge is 0.262 e. The van der Waals surface area contributed by atoms with Gasteiger partial charge < -0.3 is 20.5 Å². The van der Waals surface area contributed by atoms with Crippen LogP contribution in [0.5, 0.6) is 5.75 Å². The molecule has 0 saturated carbocycles. The molecule has 1 heterocycles. The van der Waals surface area contributed by atoms with Crippen molar-refractivity contribution in [1.82, 2.24) is 0 Å². The zero-order chi connectivity index (χ0) is 25.3. The number of nitriles is 1. The molecule has 7 nitrogen and oxygen atoms in total. The van der Waals surface area contributed by atoms with Gasteiger partial charge >= 0.3 is 0 Å². The summed E-state index contributed by atoms with van der Waals surface area (Å²) >= 11 is 6.12. The van der Waals surface area contributed by atoms with Gasteiger partial charge in [0, 0.05) is 29.1 Å². The van der Waals surface area contributed by atoms with Crippen molar-refractivity contribution < 1.29 is 19.1 Å². The van der Waals surface area contributed by atoms with E-state index in [1.165, 1.54) is 0 Å². The Hall–Kier alpha value is -3.76. The molecule has 1 unspecified atom stereocenters. The van der Waals surface area contributed by atoms with E-state index in [1.807, 2.05) is 26.8 Å². The Kier molecular flexibility index (Phi) is 6.60. The van der Waals surface area contributed by atoms with E-state index in [9.17, 15) is 14.9 Å². The molecule has 0 radical (unpaired) electrons. The standard InChI is InChI=1S/C27H26ClN3O4/c1-15-7-8-17(10-20(15)28)31-23(33)14-34-18-6-4-5-16(9-18)24-19(13-29)26(30)35-22-12-27(2,3)11-21(32)25(22)24/h4-10,24H,11-12,14,30H2,1-3H3,(H,31,33). The van der Waals surface area contributed by atoms with E-state index >= 15 is 0 Å². The number of Topliss-reactive ketones (excluding diaryl/α,β-unsaturated/α-hetero) is 1. The Morgan fingerprint density at radius 2 is 2.06 bits per heavy atom. The Balaban J connectivity index is 1.56. The summed E-state index contributed by atoms with van der Waals surface area (Å²) in [5, 5.41) is 13.1. The maximum Gasteiger partial charge on any atom is 0.262 e. The van der Waals surface area contributed by atoms with Gasteiger partial charge in [0.25, 0.3) is 5.91 Å². The minimum absolute atomic E-state index is 0.00390. The summed E-state index contributed by atoms with van der Waals surface area (Å²) < 4.78 is 11.4. The lowest BCUT2D eigenvalue weighted by Crippen LogP contribution is -2.33. The van der Waals surface area contributed by atoms with Crippen LogP contribution in [0.4, 0.5) is 5.69 Å². The number of rotatable bonds is 5. The first-order valence-electron chi connectivity index (χ1n) is 11.2. The predicted molar refractivity (Wildman–Crippen MR) is 132 cm³/mol. The van der Waals surface area contributed by atoms with Gasteiger partial charge in [0.1, 0.15) is 23.2 Å². The number of ketones is 1. The maximum absolute atomic E-state index is 13.1. The van der Waals surface area contributed by atoms with Crippen molar-refractivity contribution in [3.63, 3.8) is 0 Å². The average Bonchev–Trinajstić information content (AvgIpc) is 2.78. The van der Waals surface area contributed by atoms with Gasteiger partial charge in [-0.2, -0.15) is 5.26 Å². The number of carbonyl (C=O) groups is 2. The average molecular weight is 492 g/mol. The van der Waals surface area contributed by atoms with Gasteiger partial charge in [-0.1, -0.05) is 43.6 Å². The van der Waals surface area contributed by atoms with E-state index in [0.29, 0.717) is 46.2 Å². The number of nitrogens with zero attached hydrogens (tertiary/aromatic N) is 1. The summed E-state index contributed by atoms with van der Waals surface area (Å²) in [7, 11) is 0. The zero-order valence-corrected chi connectivity index (χ0v) is 20.5. The molecule has 180 valence electrons. The van der Waals surface area contributed by atoms with Crippen LogP contribution in [0.1, 0.15) is 43.7 Å². The van der Waals surface area contributed by atoms with Crippen LogP contribution in [0.2, 0.25) is 5.02 Å². The molecule has 1 aliphatic carbocycles. The van der Waals surface area contributed by atoms with Crippen LogP contribution in [0.25, 0.3) is 0 Å². The fourth-order valence-corrected chi connectivity index (χ4v) is 4.60. The predicted octanol–water partition coefficient (Wildman–Crippen LogP) is 5.12. The molecule has 1 atom stereocenters. The Bertz CT molecular complexity index is 1320. The lowest BCUT2D eigenvalue weighted by atomic mass is 9.70. The molecule has 0 aromatic heterocycles. The number of nitrogens with two attached hydrogens (primary N) is 1. The number of allylic oxidation sites excluding steroid dienone is 3. The van der Waals surface area contributed by atoms with Crippen LogP contribution < -0.4 is 15.8 Å². The van der Waals surface area contributed by atoms with Gasteiger partial charge in [-0.25, -0.2) is 0 Å². The summed E-state index contributed by atoms with van der Waals surface area (Å²) in [6.07, 6.45) is 0.896. The van der Waals surface area contributed by atoms with E-state index in [2.05, 4.69) is 11.4 Å². The molecule has 0 spiro atoms. The number of ether oxygens (including phenoxy) is 2. The van der Waals surface area contributed by atoms with Gasteiger partial charge in [0.05, 0.1) is 5.92 Å². The monoisotopic (exact) mass is 491 g/mol. The van der Waals surface area contributed by atoms with E-state index in [4.69, 9.17) is 26.8 Å². The normalized spacial score (nSPS) is 18.9. The second-order valence-corrected chi connectivity index (χ2v) is 9.98. The van der Waals surface area contributed by atoms with Crippen molar-refractivity contribution in [2.45, 2.75) is 39.5 Å². The first-order chi connectivity index (χ1) is 16.6. The molecule has 2 aromatic carbocycles. The maximum atomic E-state index is 13.1. The first kappa shape index (κ1) is 24.4. The Morgan fingerprint density at radius 3 is 2.77 bits per heavy atom. The third kappa shape index (κ3) is 5.18. The summed E-state index contributed by atoms with van der Waals surface area (Å²) in [4.78, 5) is 25.5. The zero-order valence-electron chi connectivity index (χ0n) is 19.8. The second-order valence-electron chi connectivity index (χ2n) is 9.58. The summed E-state index contributed by atoms with van der Waals surface area (Å²) in [5.41, 5.74) is 8.62. The number of aryl methyl sites for hydroxylation is 1. The molecule has 0 fully saturated rings. The van der Waals surface area contributed by atoms with Crippen LogP contribution >= 0.6 is 11.6 Å². The number of anilines is 1. The van der Waals surface area contributed by atoms with Crippen LogP contribution in [-0.2, 0) is 14.3 Å². The third-order valence-corrected chi connectivity index (χ3v) is 6.50. The highest BCUT2D eigenvalue weighted by molar-refractivity contribution is 6.31. The van der Waals surface area contributed by atoms with Crippen LogP contribution in [0, 0.1) is 23.7 Å². The van der Waals surface area contributed by atoms with Crippen molar-refractivity contribution in [2.24, 2.45) is 11.1 Å².